The molecule has 1 aliphatic heterocycles. The van der Waals surface area contributed by atoms with E-state index in [4.69, 9.17) is 9.31 Å². The van der Waals surface area contributed by atoms with Gasteiger partial charge < -0.3 is 14.3 Å². The normalized spacial score (nSPS) is 24.0. The maximum Gasteiger partial charge on any atom is 0.494 e. The number of hydrogen-bond acceptors (Lipinski definition) is 2. The fourth-order valence-corrected chi connectivity index (χ4v) is 2.66. The highest BCUT2D eigenvalue weighted by atomic mass is 16.7. The summed E-state index contributed by atoms with van der Waals surface area (Å²) in [5.74, 6) is 0. The molecule has 0 amide bonds. The van der Waals surface area contributed by atoms with Crippen molar-refractivity contribution in [3.05, 3.63) is 30.5 Å². The molecule has 0 saturated carbocycles. The summed E-state index contributed by atoms with van der Waals surface area (Å²) in [7, 11) is -0.278. The highest BCUT2D eigenvalue weighted by molar-refractivity contribution is 6.62. The molecule has 114 valence electrons. The van der Waals surface area contributed by atoms with E-state index in [0.29, 0.717) is 0 Å². The van der Waals surface area contributed by atoms with Crippen LogP contribution in [-0.4, -0.2) is 23.3 Å². The lowest BCUT2D eigenvalue weighted by molar-refractivity contribution is -0.0118. The molecule has 1 N–H and O–H groups in total. The number of fused-ring (bicyclic) bond motifs is 1. The molecule has 0 aliphatic carbocycles. The first-order chi connectivity index (χ1) is 9.95. The highest BCUT2D eigenvalue weighted by Gasteiger charge is 2.53. The van der Waals surface area contributed by atoms with Gasteiger partial charge in [0.05, 0.1) is 11.2 Å². The van der Waals surface area contributed by atoms with E-state index in [2.05, 4.69) is 56.9 Å². The van der Waals surface area contributed by atoms with Gasteiger partial charge in [-0.25, -0.2) is 0 Å². The lowest BCUT2D eigenvalue weighted by Gasteiger charge is -2.35. The molecular weight excluding hydrogens is 261 g/mol. The number of benzene rings is 1. The highest BCUT2D eigenvalue weighted by Crippen LogP contribution is 2.39. The first kappa shape index (κ1) is 16.1. The van der Waals surface area contributed by atoms with Gasteiger partial charge in [-0.3, -0.25) is 0 Å². The maximum atomic E-state index is 6.19. The Morgan fingerprint density at radius 1 is 1.10 bits per heavy atom. The van der Waals surface area contributed by atoms with Crippen molar-refractivity contribution in [1.29, 1.82) is 0 Å². The maximum absolute atomic E-state index is 6.19. The Bertz CT molecular complexity index is 608. The average Bonchev–Trinajstić information content (AvgIpc) is 3.03. The summed E-state index contributed by atoms with van der Waals surface area (Å²) in [4.78, 5) is 3.20. The third-order valence-corrected chi connectivity index (χ3v) is 4.57. The minimum Gasteiger partial charge on any atom is -0.399 e. The molecule has 0 bridgehead atoms. The van der Waals surface area contributed by atoms with Crippen LogP contribution >= 0.6 is 0 Å². The largest absolute Gasteiger partial charge is 0.494 e. The van der Waals surface area contributed by atoms with Crippen LogP contribution in [0.1, 0.15) is 48.0 Å². The second kappa shape index (κ2) is 5.86. The molecule has 2 heterocycles. The number of aromatic nitrogens is 1. The van der Waals surface area contributed by atoms with Gasteiger partial charge in [-0.15, -0.1) is 0 Å². The summed E-state index contributed by atoms with van der Waals surface area (Å²) < 4.78 is 12.3. The van der Waals surface area contributed by atoms with Crippen LogP contribution in [0.5, 0.6) is 0 Å². The van der Waals surface area contributed by atoms with Crippen molar-refractivity contribution in [2.45, 2.75) is 59.2 Å². The number of hydrogen-bond donors (Lipinski definition) is 1. The molecule has 1 aliphatic rings. The predicted molar refractivity (Wildman–Crippen MR) is 90.0 cm³/mol. The van der Waals surface area contributed by atoms with Gasteiger partial charge in [0.15, 0.2) is 0 Å². The van der Waals surface area contributed by atoms with Crippen LogP contribution in [0.15, 0.2) is 30.5 Å². The Labute approximate surface area is 128 Å². The van der Waals surface area contributed by atoms with Crippen molar-refractivity contribution < 1.29 is 9.31 Å². The fourth-order valence-electron chi connectivity index (χ4n) is 2.66. The second-order valence-electron chi connectivity index (χ2n) is 5.99. The van der Waals surface area contributed by atoms with E-state index >= 15 is 0 Å². The van der Waals surface area contributed by atoms with E-state index < -0.39 is 0 Å². The van der Waals surface area contributed by atoms with Crippen LogP contribution < -0.4 is 5.46 Å². The van der Waals surface area contributed by atoms with Gasteiger partial charge in [0.1, 0.15) is 0 Å². The fraction of sp³-hybridized carbons (Fsp3) is 0.529. The zero-order valence-electron chi connectivity index (χ0n) is 14.0. The summed E-state index contributed by atoms with van der Waals surface area (Å²) in [6, 6.07) is 8.35. The molecule has 0 spiro atoms. The molecule has 1 aromatic carbocycles. The van der Waals surface area contributed by atoms with E-state index in [1.54, 1.807) is 0 Å². The van der Waals surface area contributed by atoms with E-state index in [0.717, 1.165) is 17.4 Å². The van der Waals surface area contributed by atoms with Crippen molar-refractivity contribution in [2.24, 2.45) is 0 Å². The third kappa shape index (κ3) is 2.75. The summed E-state index contributed by atoms with van der Waals surface area (Å²) in [6.45, 7) is 12.5. The van der Waals surface area contributed by atoms with E-state index in [-0.39, 0.29) is 18.3 Å². The van der Waals surface area contributed by atoms with E-state index in [1.165, 1.54) is 5.39 Å². The van der Waals surface area contributed by atoms with Gasteiger partial charge in [-0.2, -0.15) is 0 Å². The van der Waals surface area contributed by atoms with Crippen LogP contribution in [0.2, 0.25) is 0 Å². The number of rotatable bonds is 2. The van der Waals surface area contributed by atoms with Crippen LogP contribution in [0.25, 0.3) is 10.9 Å². The molecule has 1 fully saturated rings. The molecule has 3 nitrogen and oxygen atoms in total. The van der Waals surface area contributed by atoms with Crippen molar-refractivity contribution in [1.82, 2.24) is 4.98 Å². The lowest BCUT2D eigenvalue weighted by Crippen LogP contribution is -2.44. The third-order valence-electron chi connectivity index (χ3n) is 4.57. The molecule has 1 unspecified atom stereocenters. The van der Waals surface area contributed by atoms with E-state index in [1.807, 2.05) is 20.0 Å². The standard InChI is InChI=1S/C15H20BNO2.C2H6/c1-5-15(4)14(2,3)18-16(19-15)12-6-7-13-11(10-12)8-9-17-13;1-2/h6-10,17H,5H2,1-4H3;1-2H3. The van der Waals surface area contributed by atoms with Crippen LogP contribution in [-0.2, 0) is 9.31 Å². The van der Waals surface area contributed by atoms with Crippen molar-refractivity contribution in [2.75, 3.05) is 0 Å². The van der Waals surface area contributed by atoms with Crippen LogP contribution in [0.3, 0.4) is 0 Å². The van der Waals surface area contributed by atoms with Gasteiger partial charge in [-0.1, -0.05) is 32.9 Å². The first-order valence-corrected chi connectivity index (χ1v) is 7.88. The van der Waals surface area contributed by atoms with Gasteiger partial charge in [0.25, 0.3) is 0 Å². The molecule has 4 heteroatoms. The van der Waals surface area contributed by atoms with E-state index in [9.17, 15) is 0 Å². The van der Waals surface area contributed by atoms with Crippen molar-refractivity contribution >= 4 is 23.5 Å². The summed E-state index contributed by atoms with van der Waals surface area (Å²) in [6.07, 6.45) is 2.88. The lowest BCUT2D eigenvalue weighted by atomic mass is 9.78. The average molecular weight is 287 g/mol. The Hall–Kier alpha value is -1.26. The number of H-pyrrole nitrogens is 1. The molecule has 21 heavy (non-hydrogen) atoms. The number of nitrogens with one attached hydrogen (secondary N) is 1. The summed E-state index contributed by atoms with van der Waals surface area (Å²) >= 11 is 0. The smallest absolute Gasteiger partial charge is 0.399 e. The summed E-state index contributed by atoms with van der Waals surface area (Å²) in [5, 5.41) is 1.19. The zero-order valence-corrected chi connectivity index (χ0v) is 14.0. The van der Waals surface area contributed by atoms with Gasteiger partial charge in [-0.05, 0) is 50.2 Å². The molecule has 1 atom stereocenters. The van der Waals surface area contributed by atoms with Gasteiger partial charge >= 0.3 is 7.12 Å². The first-order valence-electron chi connectivity index (χ1n) is 7.88. The Kier molecular flexibility index (Phi) is 4.50. The van der Waals surface area contributed by atoms with Crippen LogP contribution in [0.4, 0.5) is 0 Å². The predicted octanol–water partition coefficient (Wildman–Crippen LogP) is 3.88. The van der Waals surface area contributed by atoms with Gasteiger partial charge in [0.2, 0.25) is 0 Å². The zero-order chi connectivity index (χ0) is 15.7. The SMILES string of the molecule is CC.CCC1(C)OB(c2ccc3[nH]ccc3c2)OC1(C)C. The van der Waals surface area contributed by atoms with Crippen molar-refractivity contribution in [3.63, 3.8) is 0 Å². The Morgan fingerprint density at radius 2 is 1.81 bits per heavy atom. The van der Waals surface area contributed by atoms with Gasteiger partial charge in [0, 0.05) is 11.7 Å². The Morgan fingerprint density at radius 3 is 2.43 bits per heavy atom. The topological polar surface area (TPSA) is 34.2 Å². The molecule has 1 aromatic heterocycles. The summed E-state index contributed by atoms with van der Waals surface area (Å²) in [5.41, 5.74) is 1.70. The molecule has 2 aromatic rings. The quantitative estimate of drug-likeness (QED) is 0.850. The molecule has 1 saturated heterocycles. The number of aromatic amines is 1. The second-order valence-corrected chi connectivity index (χ2v) is 5.99. The minimum absolute atomic E-state index is 0.245. The van der Waals surface area contributed by atoms with Crippen LogP contribution in [0, 0.1) is 0 Å². The molecular formula is C17H26BNO2. The van der Waals surface area contributed by atoms with Crippen molar-refractivity contribution in [3.8, 4) is 0 Å². The molecule has 3 rings (SSSR count). The Balaban J connectivity index is 0.000000774. The molecule has 0 radical (unpaired) electrons. The monoisotopic (exact) mass is 287 g/mol. The minimum atomic E-state index is -0.278.